The van der Waals surface area contributed by atoms with E-state index in [1.165, 1.54) is 24.1 Å². The number of ether oxygens (including phenoxy) is 1. The van der Waals surface area contributed by atoms with E-state index in [1.807, 2.05) is 6.07 Å². The first kappa shape index (κ1) is 14.0. The SMILES string of the molecule is COc1ccc(C(=O)N(C)Cc2cccnc2)c(F)c1. The number of amides is 1. The Labute approximate surface area is 116 Å². The Morgan fingerprint density at radius 2 is 2.20 bits per heavy atom. The van der Waals surface area contributed by atoms with E-state index in [0.717, 1.165) is 5.56 Å². The van der Waals surface area contributed by atoms with Crippen LogP contribution in [0.25, 0.3) is 0 Å². The Kier molecular flexibility index (Phi) is 4.30. The van der Waals surface area contributed by atoms with Crippen LogP contribution in [0.3, 0.4) is 0 Å². The predicted molar refractivity (Wildman–Crippen MR) is 73.0 cm³/mol. The Bertz CT molecular complexity index is 602. The maximum atomic E-state index is 13.8. The number of hydrogen-bond donors (Lipinski definition) is 0. The van der Waals surface area contributed by atoms with Gasteiger partial charge in [0.15, 0.2) is 0 Å². The van der Waals surface area contributed by atoms with Crippen LogP contribution >= 0.6 is 0 Å². The second-order valence-electron chi connectivity index (χ2n) is 4.37. The molecule has 0 fully saturated rings. The summed E-state index contributed by atoms with van der Waals surface area (Å²) < 4.78 is 18.8. The zero-order valence-corrected chi connectivity index (χ0v) is 11.3. The topological polar surface area (TPSA) is 42.4 Å². The Morgan fingerprint density at radius 1 is 1.40 bits per heavy atom. The maximum absolute atomic E-state index is 13.8. The average molecular weight is 274 g/mol. The van der Waals surface area contributed by atoms with Crippen LogP contribution < -0.4 is 4.74 Å². The molecule has 0 N–H and O–H groups in total. The van der Waals surface area contributed by atoms with Gasteiger partial charge in [0, 0.05) is 32.1 Å². The van der Waals surface area contributed by atoms with Crippen molar-refractivity contribution in [1.82, 2.24) is 9.88 Å². The van der Waals surface area contributed by atoms with Crippen molar-refractivity contribution in [2.45, 2.75) is 6.54 Å². The standard InChI is InChI=1S/C15H15FN2O2/c1-18(10-11-4-3-7-17-9-11)15(19)13-6-5-12(20-2)8-14(13)16/h3-9H,10H2,1-2H3. The number of aromatic nitrogens is 1. The highest BCUT2D eigenvalue weighted by molar-refractivity contribution is 5.94. The van der Waals surface area contributed by atoms with Gasteiger partial charge >= 0.3 is 0 Å². The molecule has 4 nitrogen and oxygen atoms in total. The smallest absolute Gasteiger partial charge is 0.256 e. The Hall–Kier alpha value is -2.43. The molecule has 1 aromatic carbocycles. The molecule has 0 aliphatic rings. The zero-order valence-electron chi connectivity index (χ0n) is 11.3. The number of carbonyl (C=O) groups excluding carboxylic acids is 1. The number of methoxy groups -OCH3 is 1. The number of carbonyl (C=O) groups is 1. The summed E-state index contributed by atoms with van der Waals surface area (Å²) in [7, 11) is 3.07. The highest BCUT2D eigenvalue weighted by Gasteiger charge is 2.17. The van der Waals surface area contributed by atoms with E-state index in [2.05, 4.69) is 4.98 Å². The highest BCUT2D eigenvalue weighted by Crippen LogP contribution is 2.18. The van der Waals surface area contributed by atoms with Gasteiger partial charge in [-0.05, 0) is 23.8 Å². The molecule has 2 rings (SSSR count). The molecule has 0 atom stereocenters. The van der Waals surface area contributed by atoms with E-state index >= 15 is 0 Å². The quantitative estimate of drug-likeness (QED) is 0.860. The van der Waals surface area contributed by atoms with Crippen molar-refractivity contribution in [3.63, 3.8) is 0 Å². The average Bonchev–Trinajstić information content (AvgIpc) is 2.47. The van der Waals surface area contributed by atoms with Crippen LogP contribution in [0.2, 0.25) is 0 Å². The molecule has 0 saturated carbocycles. The molecule has 0 spiro atoms. The fraction of sp³-hybridized carbons (Fsp3) is 0.200. The molecule has 0 bridgehead atoms. The molecular formula is C15H15FN2O2. The predicted octanol–water partition coefficient (Wildman–Crippen LogP) is 2.50. The van der Waals surface area contributed by atoms with E-state index in [0.29, 0.717) is 12.3 Å². The number of pyridine rings is 1. The third-order valence-corrected chi connectivity index (χ3v) is 2.90. The monoisotopic (exact) mass is 274 g/mol. The van der Waals surface area contributed by atoms with Crippen LogP contribution in [0.15, 0.2) is 42.7 Å². The molecule has 2 aromatic rings. The molecule has 0 saturated heterocycles. The summed E-state index contributed by atoms with van der Waals surface area (Å²) in [5, 5.41) is 0. The van der Waals surface area contributed by atoms with Gasteiger partial charge in [-0.2, -0.15) is 0 Å². The second-order valence-corrected chi connectivity index (χ2v) is 4.37. The van der Waals surface area contributed by atoms with Crippen LogP contribution in [0.5, 0.6) is 5.75 Å². The minimum atomic E-state index is -0.590. The molecule has 5 heteroatoms. The number of benzene rings is 1. The summed E-state index contributed by atoms with van der Waals surface area (Å²) in [5.41, 5.74) is 0.912. The normalized spacial score (nSPS) is 10.2. The summed E-state index contributed by atoms with van der Waals surface area (Å²) >= 11 is 0. The summed E-state index contributed by atoms with van der Waals surface area (Å²) in [6.45, 7) is 0.373. The van der Waals surface area contributed by atoms with Gasteiger partial charge in [-0.15, -0.1) is 0 Å². The number of nitrogens with zero attached hydrogens (tertiary/aromatic N) is 2. The summed E-state index contributed by atoms with van der Waals surface area (Å²) in [4.78, 5) is 17.6. The lowest BCUT2D eigenvalue weighted by atomic mass is 10.1. The van der Waals surface area contributed by atoms with Crippen LogP contribution in [0.4, 0.5) is 4.39 Å². The van der Waals surface area contributed by atoms with Crippen LogP contribution in [-0.2, 0) is 6.54 Å². The Balaban J connectivity index is 2.14. The van der Waals surface area contributed by atoms with Gasteiger partial charge in [-0.1, -0.05) is 6.07 Å². The van der Waals surface area contributed by atoms with E-state index in [9.17, 15) is 9.18 Å². The number of rotatable bonds is 4. The molecule has 0 aliphatic heterocycles. The molecule has 1 heterocycles. The van der Waals surface area contributed by atoms with Crippen molar-refractivity contribution in [2.24, 2.45) is 0 Å². The van der Waals surface area contributed by atoms with Crippen molar-refractivity contribution >= 4 is 5.91 Å². The van der Waals surface area contributed by atoms with Crippen molar-refractivity contribution in [1.29, 1.82) is 0 Å². The molecule has 0 aliphatic carbocycles. The van der Waals surface area contributed by atoms with Gasteiger partial charge in [-0.3, -0.25) is 9.78 Å². The van der Waals surface area contributed by atoms with Crippen LogP contribution in [0.1, 0.15) is 15.9 Å². The first-order valence-electron chi connectivity index (χ1n) is 6.09. The number of halogens is 1. The van der Waals surface area contributed by atoms with E-state index in [1.54, 1.807) is 31.6 Å². The molecule has 1 aromatic heterocycles. The third kappa shape index (κ3) is 3.12. The summed E-state index contributed by atoms with van der Waals surface area (Å²) in [6.07, 6.45) is 3.34. The first-order chi connectivity index (χ1) is 9.61. The Morgan fingerprint density at radius 3 is 2.80 bits per heavy atom. The molecule has 104 valence electrons. The van der Waals surface area contributed by atoms with Gasteiger partial charge in [0.05, 0.1) is 12.7 Å². The lowest BCUT2D eigenvalue weighted by Crippen LogP contribution is -2.27. The first-order valence-corrected chi connectivity index (χ1v) is 6.09. The summed E-state index contributed by atoms with van der Waals surface area (Å²) in [5.74, 6) is -0.588. The van der Waals surface area contributed by atoms with Gasteiger partial charge in [0.25, 0.3) is 5.91 Å². The largest absolute Gasteiger partial charge is 0.497 e. The van der Waals surface area contributed by atoms with Gasteiger partial charge in [0.1, 0.15) is 11.6 Å². The summed E-state index contributed by atoms with van der Waals surface area (Å²) in [6, 6.07) is 7.85. The van der Waals surface area contributed by atoms with Gasteiger partial charge < -0.3 is 9.64 Å². The molecule has 20 heavy (non-hydrogen) atoms. The lowest BCUT2D eigenvalue weighted by molar-refractivity contribution is 0.0780. The highest BCUT2D eigenvalue weighted by atomic mass is 19.1. The minimum Gasteiger partial charge on any atom is -0.497 e. The van der Waals surface area contributed by atoms with Crippen molar-refractivity contribution in [2.75, 3.05) is 14.2 Å². The fourth-order valence-electron chi connectivity index (χ4n) is 1.84. The van der Waals surface area contributed by atoms with Gasteiger partial charge in [0.2, 0.25) is 0 Å². The molecule has 0 radical (unpaired) electrons. The van der Waals surface area contributed by atoms with Crippen molar-refractivity contribution in [3.05, 3.63) is 59.7 Å². The van der Waals surface area contributed by atoms with E-state index in [4.69, 9.17) is 4.74 Å². The second kappa shape index (κ2) is 6.14. The third-order valence-electron chi connectivity index (χ3n) is 2.90. The van der Waals surface area contributed by atoms with E-state index < -0.39 is 5.82 Å². The van der Waals surface area contributed by atoms with Crippen LogP contribution in [0, 0.1) is 5.82 Å². The molecule has 1 amide bonds. The van der Waals surface area contributed by atoms with Crippen molar-refractivity contribution in [3.8, 4) is 5.75 Å². The molecular weight excluding hydrogens is 259 g/mol. The van der Waals surface area contributed by atoms with Gasteiger partial charge in [-0.25, -0.2) is 4.39 Å². The lowest BCUT2D eigenvalue weighted by Gasteiger charge is -2.17. The zero-order chi connectivity index (χ0) is 14.5. The van der Waals surface area contributed by atoms with Crippen LogP contribution in [-0.4, -0.2) is 29.9 Å². The fourth-order valence-corrected chi connectivity index (χ4v) is 1.84. The van der Waals surface area contributed by atoms with E-state index in [-0.39, 0.29) is 11.5 Å². The van der Waals surface area contributed by atoms with Crippen molar-refractivity contribution < 1.29 is 13.9 Å². The molecule has 0 unspecified atom stereocenters. The number of hydrogen-bond acceptors (Lipinski definition) is 3. The maximum Gasteiger partial charge on any atom is 0.256 e. The minimum absolute atomic E-state index is 0.0252.